The minimum atomic E-state index is -1.01. The molecular formula is C25H38N4O8. The van der Waals surface area contributed by atoms with Crippen LogP contribution in [0.4, 0.5) is 0 Å². The summed E-state index contributed by atoms with van der Waals surface area (Å²) in [6.07, 6.45) is -0.715. The predicted molar refractivity (Wildman–Crippen MR) is 134 cm³/mol. The van der Waals surface area contributed by atoms with E-state index in [4.69, 9.17) is 0 Å². The van der Waals surface area contributed by atoms with Gasteiger partial charge in [-0.2, -0.15) is 0 Å². The van der Waals surface area contributed by atoms with Crippen LogP contribution < -0.4 is 0 Å². The molecule has 1 fully saturated rings. The Hall–Kier alpha value is -2.90. The lowest BCUT2D eigenvalue weighted by atomic mass is 10.0. The molecule has 2 rings (SSSR count). The molecule has 12 heteroatoms. The van der Waals surface area contributed by atoms with Crippen LogP contribution in [0.15, 0.2) is 30.3 Å². The van der Waals surface area contributed by atoms with Crippen LogP contribution in [0, 0.1) is 0 Å². The van der Waals surface area contributed by atoms with Crippen molar-refractivity contribution in [1.82, 2.24) is 19.6 Å². The van der Waals surface area contributed by atoms with Crippen molar-refractivity contribution in [1.29, 1.82) is 0 Å². The number of rotatable bonds is 12. The van der Waals surface area contributed by atoms with Crippen molar-refractivity contribution in [3.05, 3.63) is 35.9 Å². The first-order chi connectivity index (χ1) is 17.6. The van der Waals surface area contributed by atoms with Crippen molar-refractivity contribution in [2.45, 2.75) is 18.9 Å². The number of ketones is 1. The summed E-state index contributed by atoms with van der Waals surface area (Å²) in [6, 6.07) is 9.27. The van der Waals surface area contributed by atoms with Gasteiger partial charge in [-0.3, -0.25) is 38.8 Å². The number of hydrogen-bond acceptors (Lipinski definition) is 9. The Balaban J connectivity index is 2.06. The maximum absolute atomic E-state index is 12.5. The largest absolute Gasteiger partial charge is 0.480 e. The minimum Gasteiger partial charge on any atom is -0.480 e. The van der Waals surface area contributed by atoms with E-state index in [0.717, 1.165) is 5.56 Å². The Kier molecular flexibility index (Phi) is 13.2. The molecule has 1 saturated heterocycles. The second-order valence-electron chi connectivity index (χ2n) is 9.37. The van der Waals surface area contributed by atoms with Gasteiger partial charge in [0.2, 0.25) is 0 Å². The third-order valence-corrected chi connectivity index (χ3v) is 6.18. The predicted octanol–water partition coefficient (Wildman–Crippen LogP) is -0.975. The molecule has 0 radical (unpaired) electrons. The average molecular weight is 523 g/mol. The third kappa shape index (κ3) is 13.3. The first-order valence-corrected chi connectivity index (χ1v) is 12.4. The van der Waals surface area contributed by atoms with Crippen LogP contribution in [0.3, 0.4) is 0 Å². The van der Waals surface area contributed by atoms with Gasteiger partial charge >= 0.3 is 17.9 Å². The van der Waals surface area contributed by atoms with Crippen LogP contribution >= 0.6 is 0 Å². The first kappa shape index (κ1) is 30.3. The summed E-state index contributed by atoms with van der Waals surface area (Å²) in [5, 5.41) is 38.5. The number of Topliss-reactive ketones (excluding diaryl/α,β-unsaturated/α-hetero) is 1. The zero-order valence-corrected chi connectivity index (χ0v) is 21.1. The fraction of sp³-hybridized carbons (Fsp3) is 0.600. The molecule has 1 heterocycles. The van der Waals surface area contributed by atoms with Crippen LogP contribution in [0.1, 0.15) is 12.0 Å². The lowest BCUT2D eigenvalue weighted by Gasteiger charge is -2.33. The topological polar surface area (TPSA) is 162 Å². The third-order valence-electron chi connectivity index (χ3n) is 6.18. The monoisotopic (exact) mass is 522 g/mol. The highest BCUT2D eigenvalue weighted by molar-refractivity contribution is 5.81. The fourth-order valence-electron chi connectivity index (χ4n) is 4.33. The molecule has 0 saturated carbocycles. The van der Waals surface area contributed by atoms with E-state index in [9.17, 15) is 39.6 Å². The molecule has 0 amide bonds. The second-order valence-corrected chi connectivity index (χ2v) is 9.37. The molecule has 1 atom stereocenters. The van der Waals surface area contributed by atoms with Crippen LogP contribution in [0.2, 0.25) is 0 Å². The van der Waals surface area contributed by atoms with Gasteiger partial charge in [0.25, 0.3) is 0 Å². The molecule has 12 nitrogen and oxygen atoms in total. The fourth-order valence-corrected chi connectivity index (χ4v) is 4.33. The molecule has 1 unspecified atom stereocenters. The maximum atomic E-state index is 12.5. The van der Waals surface area contributed by atoms with E-state index in [1.807, 2.05) is 35.2 Å². The van der Waals surface area contributed by atoms with E-state index in [-0.39, 0.29) is 44.8 Å². The zero-order chi connectivity index (χ0) is 27.2. The zero-order valence-electron chi connectivity index (χ0n) is 21.1. The molecule has 0 spiro atoms. The molecule has 0 aromatic heterocycles. The number of aliphatic hydroxyl groups excluding tert-OH is 1. The molecule has 1 aliphatic heterocycles. The van der Waals surface area contributed by atoms with Crippen molar-refractivity contribution in [3.8, 4) is 0 Å². The lowest BCUT2D eigenvalue weighted by molar-refractivity contribution is -0.140. The van der Waals surface area contributed by atoms with E-state index in [1.54, 1.807) is 14.7 Å². The van der Waals surface area contributed by atoms with Gasteiger partial charge in [0, 0.05) is 71.7 Å². The quantitative estimate of drug-likeness (QED) is 0.266. The normalized spacial score (nSPS) is 18.4. The van der Waals surface area contributed by atoms with Gasteiger partial charge in [0.15, 0.2) is 0 Å². The van der Waals surface area contributed by atoms with Gasteiger partial charge in [-0.15, -0.1) is 0 Å². The summed E-state index contributed by atoms with van der Waals surface area (Å²) in [5.41, 5.74) is 0.872. The number of benzene rings is 1. The molecule has 1 aromatic carbocycles. The number of carboxylic acid groups (broad SMARTS) is 3. The van der Waals surface area contributed by atoms with E-state index >= 15 is 0 Å². The summed E-state index contributed by atoms with van der Waals surface area (Å²) in [7, 11) is 0. The Morgan fingerprint density at radius 1 is 0.649 bits per heavy atom. The number of hydrogen-bond donors (Lipinski definition) is 4. The molecule has 4 N–H and O–H groups in total. The van der Waals surface area contributed by atoms with Gasteiger partial charge < -0.3 is 20.4 Å². The van der Waals surface area contributed by atoms with Gasteiger partial charge in [0.05, 0.1) is 25.7 Å². The Labute approximate surface area is 216 Å². The molecule has 1 aromatic rings. The number of carboxylic acids is 3. The lowest BCUT2D eigenvalue weighted by Crippen LogP contribution is -2.49. The molecule has 37 heavy (non-hydrogen) atoms. The van der Waals surface area contributed by atoms with Crippen LogP contribution in [0.5, 0.6) is 0 Å². The number of nitrogens with zero attached hydrogens (tertiary/aromatic N) is 4. The SMILES string of the molecule is O=C(O)CN1CCN(CC(=O)O)CCN(CC(O)CC(=O)Cc2ccccc2)CCN(CC(=O)O)CC1. The van der Waals surface area contributed by atoms with E-state index < -0.39 is 24.0 Å². The Morgan fingerprint density at radius 2 is 1.03 bits per heavy atom. The highest BCUT2D eigenvalue weighted by Crippen LogP contribution is 2.07. The van der Waals surface area contributed by atoms with Gasteiger partial charge in [-0.1, -0.05) is 30.3 Å². The maximum Gasteiger partial charge on any atom is 0.317 e. The van der Waals surface area contributed by atoms with Crippen molar-refractivity contribution in [2.24, 2.45) is 0 Å². The number of carbonyl (C=O) groups excluding carboxylic acids is 1. The van der Waals surface area contributed by atoms with E-state index in [2.05, 4.69) is 0 Å². The Bertz CT molecular complexity index is 853. The molecule has 206 valence electrons. The van der Waals surface area contributed by atoms with E-state index in [0.29, 0.717) is 52.4 Å². The second kappa shape index (κ2) is 16.0. The van der Waals surface area contributed by atoms with Gasteiger partial charge in [-0.25, -0.2) is 0 Å². The highest BCUT2D eigenvalue weighted by Gasteiger charge is 2.22. The summed E-state index contributed by atoms with van der Waals surface area (Å²) < 4.78 is 0. The number of β-amino-alcohol motifs (C(OH)–C–C–N with tert-alkyl or cyclic N) is 1. The summed E-state index contributed by atoms with van der Waals surface area (Å²) in [5.74, 6) is -3.10. The summed E-state index contributed by atoms with van der Waals surface area (Å²) >= 11 is 0. The number of aliphatic carboxylic acids is 3. The standard InChI is InChI=1S/C25H38N4O8/c30-21(14-20-4-2-1-3-5-20)15-22(31)16-26-6-8-27(17-23(32)33)10-12-29(19-25(36)37)13-11-28(9-7-26)18-24(34)35/h1-5,22,31H,6-19H2,(H,32,33)(H,34,35)(H,36,37). The van der Waals surface area contributed by atoms with Gasteiger partial charge in [-0.05, 0) is 5.56 Å². The van der Waals surface area contributed by atoms with Crippen molar-refractivity contribution >= 4 is 23.7 Å². The van der Waals surface area contributed by atoms with Crippen LogP contribution in [-0.4, -0.2) is 148 Å². The van der Waals surface area contributed by atoms with Crippen molar-refractivity contribution in [2.75, 3.05) is 78.5 Å². The van der Waals surface area contributed by atoms with Crippen molar-refractivity contribution in [3.63, 3.8) is 0 Å². The summed E-state index contributed by atoms with van der Waals surface area (Å²) in [6.45, 7) is 2.34. The van der Waals surface area contributed by atoms with Crippen molar-refractivity contribution < 1.29 is 39.6 Å². The van der Waals surface area contributed by atoms with E-state index in [1.165, 1.54) is 0 Å². The first-order valence-electron chi connectivity index (χ1n) is 12.4. The number of aliphatic hydroxyl groups is 1. The molecule has 0 aliphatic carbocycles. The van der Waals surface area contributed by atoms with Crippen LogP contribution in [0.25, 0.3) is 0 Å². The Morgan fingerprint density at radius 3 is 1.41 bits per heavy atom. The smallest absolute Gasteiger partial charge is 0.317 e. The average Bonchev–Trinajstić information content (AvgIpc) is 2.80. The summed E-state index contributed by atoms with van der Waals surface area (Å²) in [4.78, 5) is 53.5. The minimum absolute atomic E-state index is 0.0206. The number of carbonyl (C=O) groups is 4. The van der Waals surface area contributed by atoms with Crippen LogP contribution in [-0.2, 0) is 25.6 Å². The molecule has 0 bridgehead atoms. The van der Waals surface area contributed by atoms with Gasteiger partial charge in [0.1, 0.15) is 5.78 Å². The molecular weight excluding hydrogens is 484 g/mol. The molecule has 1 aliphatic rings. The highest BCUT2D eigenvalue weighted by atomic mass is 16.4.